The van der Waals surface area contributed by atoms with Gasteiger partial charge in [0.2, 0.25) is 0 Å². The van der Waals surface area contributed by atoms with Crippen molar-refractivity contribution in [3.63, 3.8) is 0 Å². The van der Waals surface area contributed by atoms with Crippen molar-refractivity contribution in [1.29, 1.82) is 0 Å². The van der Waals surface area contributed by atoms with Crippen molar-refractivity contribution < 1.29 is 24.4 Å². The largest absolute Gasteiger partial charge is 0.478 e. The SMILES string of the molecule is CC=CC=CCOC(=O)C1=C(C)N(CCCC)C(C)=C(C(=O)O)C1c1cccc([N+](=O)[O-])c1. The Morgan fingerprint density at radius 3 is 2.52 bits per heavy atom. The predicted octanol–water partition coefficient (Wildman–Crippen LogP) is 5.10. The monoisotopic (exact) mass is 454 g/mol. The number of nitrogens with zero attached hydrogens (tertiary/aromatic N) is 2. The topological polar surface area (TPSA) is 110 Å². The number of esters is 1. The maximum absolute atomic E-state index is 13.2. The maximum Gasteiger partial charge on any atom is 0.337 e. The summed E-state index contributed by atoms with van der Waals surface area (Å²) >= 11 is 0. The molecular formula is C25H30N2O6. The number of hydrogen-bond donors (Lipinski definition) is 1. The van der Waals surface area contributed by atoms with Crippen LogP contribution >= 0.6 is 0 Å². The van der Waals surface area contributed by atoms with Gasteiger partial charge in [0.05, 0.1) is 22.0 Å². The van der Waals surface area contributed by atoms with Crippen LogP contribution in [0.5, 0.6) is 0 Å². The van der Waals surface area contributed by atoms with Crippen molar-refractivity contribution in [2.24, 2.45) is 0 Å². The second-order valence-electron chi connectivity index (χ2n) is 7.65. The van der Waals surface area contributed by atoms with Gasteiger partial charge >= 0.3 is 11.9 Å². The van der Waals surface area contributed by atoms with Crippen molar-refractivity contribution in [1.82, 2.24) is 4.90 Å². The third-order valence-corrected chi connectivity index (χ3v) is 5.52. The van der Waals surface area contributed by atoms with Gasteiger partial charge in [-0.05, 0) is 38.8 Å². The quantitative estimate of drug-likeness (QED) is 0.227. The molecule has 8 nitrogen and oxygen atoms in total. The molecule has 0 aliphatic carbocycles. The van der Waals surface area contributed by atoms with E-state index in [2.05, 4.69) is 0 Å². The molecular weight excluding hydrogens is 424 g/mol. The Kier molecular flexibility index (Phi) is 9.15. The summed E-state index contributed by atoms with van der Waals surface area (Å²) in [6.45, 7) is 7.91. The first-order chi connectivity index (χ1) is 15.7. The van der Waals surface area contributed by atoms with Gasteiger partial charge in [-0.1, -0.05) is 43.7 Å². The van der Waals surface area contributed by atoms with E-state index in [0.29, 0.717) is 23.5 Å². The van der Waals surface area contributed by atoms with Crippen LogP contribution in [-0.4, -0.2) is 40.0 Å². The lowest BCUT2D eigenvalue weighted by Gasteiger charge is -2.37. The van der Waals surface area contributed by atoms with Gasteiger partial charge in [0.25, 0.3) is 5.69 Å². The Morgan fingerprint density at radius 1 is 1.21 bits per heavy atom. The molecule has 0 amide bonds. The van der Waals surface area contributed by atoms with Crippen molar-refractivity contribution in [3.05, 3.63) is 86.8 Å². The zero-order valence-electron chi connectivity index (χ0n) is 19.4. The van der Waals surface area contributed by atoms with E-state index in [-0.39, 0.29) is 23.4 Å². The number of carboxylic acids is 1. The Labute approximate surface area is 193 Å². The number of hydrogen-bond acceptors (Lipinski definition) is 6. The van der Waals surface area contributed by atoms with Crippen LogP contribution in [0.4, 0.5) is 5.69 Å². The fourth-order valence-electron chi connectivity index (χ4n) is 3.90. The summed E-state index contributed by atoms with van der Waals surface area (Å²) in [5.41, 5.74) is 1.46. The molecule has 2 rings (SSSR count). The molecule has 0 fully saturated rings. The van der Waals surface area contributed by atoms with E-state index in [9.17, 15) is 24.8 Å². The van der Waals surface area contributed by atoms with Gasteiger partial charge in [-0.25, -0.2) is 9.59 Å². The number of carbonyl (C=O) groups excluding carboxylic acids is 1. The standard InChI is InChI=1S/C25H30N2O6/c1-5-7-9-10-15-33-25(30)22-18(4)26(14-8-6-2)17(3)21(24(28)29)23(22)19-12-11-13-20(16-19)27(31)32/h5,7,9-13,16,23H,6,8,14-15H2,1-4H3,(H,28,29). The molecule has 0 saturated heterocycles. The van der Waals surface area contributed by atoms with Crippen molar-refractivity contribution in [2.45, 2.75) is 46.5 Å². The molecule has 1 aliphatic heterocycles. The van der Waals surface area contributed by atoms with Gasteiger partial charge in [0, 0.05) is 30.1 Å². The summed E-state index contributed by atoms with van der Waals surface area (Å²) in [6.07, 6.45) is 8.75. The first-order valence-electron chi connectivity index (χ1n) is 10.9. The minimum atomic E-state index is -1.18. The number of carboxylic acid groups (broad SMARTS) is 1. The highest BCUT2D eigenvalue weighted by Gasteiger charge is 2.40. The molecule has 8 heteroatoms. The van der Waals surface area contributed by atoms with Crippen LogP contribution in [0, 0.1) is 10.1 Å². The van der Waals surface area contributed by atoms with Crippen LogP contribution in [0.2, 0.25) is 0 Å². The van der Waals surface area contributed by atoms with Crippen molar-refractivity contribution >= 4 is 17.6 Å². The number of nitro groups is 1. The number of unbranched alkanes of at least 4 members (excludes halogenated alkanes) is 1. The van der Waals surface area contributed by atoms with Crippen LogP contribution in [0.1, 0.15) is 52.0 Å². The van der Waals surface area contributed by atoms with Crippen LogP contribution in [0.15, 0.2) is 71.1 Å². The van der Waals surface area contributed by atoms with Gasteiger partial charge in [0.15, 0.2) is 0 Å². The fraction of sp³-hybridized carbons (Fsp3) is 0.360. The summed E-state index contributed by atoms with van der Waals surface area (Å²) in [4.78, 5) is 38.2. The number of rotatable bonds is 10. The molecule has 0 spiro atoms. The van der Waals surface area contributed by atoms with Crippen LogP contribution in [-0.2, 0) is 14.3 Å². The lowest BCUT2D eigenvalue weighted by atomic mass is 9.79. The second-order valence-corrected chi connectivity index (χ2v) is 7.65. The minimum Gasteiger partial charge on any atom is -0.478 e. The highest BCUT2D eigenvalue weighted by Crippen LogP contribution is 2.43. The van der Waals surface area contributed by atoms with E-state index in [4.69, 9.17) is 4.74 Å². The van der Waals surface area contributed by atoms with Crippen molar-refractivity contribution in [3.8, 4) is 0 Å². The average molecular weight is 455 g/mol. The summed E-state index contributed by atoms with van der Waals surface area (Å²) < 4.78 is 5.45. The van der Waals surface area contributed by atoms with Crippen molar-refractivity contribution in [2.75, 3.05) is 13.2 Å². The summed E-state index contributed by atoms with van der Waals surface area (Å²) in [5, 5.41) is 21.5. The van der Waals surface area contributed by atoms with Crippen LogP contribution < -0.4 is 0 Å². The number of benzene rings is 1. The number of allylic oxidation sites excluding steroid dienone is 5. The van der Waals surface area contributed by atoms with Crippen LogP contribution in [0.25, 0.3) is 0 Å². The Balaban J connectivity index is 2.64. The summed E-state index contributed by atoms with van der Waals surface area (Å²) in [6, 6.07) is 5.73. The van der Waals surface area contributed by atoms with E-state index < -0.39 is 22.8 Å². The zero-order chi connectivity index (χ0) is 24.5. The number of nitro benzene ring substituents is 1. The molecule has 0 bridgehead atoms. The van der Waals surface area contributed by atoms with E-state index in [1.807, 2.05) is 24.8 Å². The Hall–Kier alpha value is -3.68. The fourth-order valence-corrected chi connectivity index (χ4v) is 3.90. The van der Waals surface area contributed by atoms with Gasteiger partial charge in [-0.2, -0.15) is 0 Å². The Bertz CT molecular complexity index is 1040. The average Bonchev–Trinajstić information content (AvgIpc) is 2.78. The highest BCUT2D eigenvalue weighted by atomic mass is 16.6. The van der Waals surface area contributed by atoms with E-state index in [0.717, 1.165) is 12.8 Å². The highest BCUT2D eigenvalue weighted by molar-refractivity contribution is 5.99. The van der Waals surface area contributed by atoms with E-state index in [1.165, 1.54) is 18.2 Å². The van der Waals surface area contributed by atoms with E-state index >= 15 is 0 Å². The van der Waals surface area contributed by atoms with E-state index in [1.54, 1.807) is 38.1 Å². The number of aliphatic carboxylic acids is 1. The second kappa shape index (κ2) is 11.8. The molecule has 1 aromatic rings. The molecule has 1 aliphatic rings. The molecule has 1 N–H and O–H groups in total. The van der Waals surface area contributed by atoms with Gasteiger partial charge in [-0.3, -0.25) is 10.1 Å². The summed E-state index contributed by atoms with van der Waals surface area (Å²) in [5.74, 6) is -2.83. The molecule has 176 valence electrons. The first-order valence-corrected chi connectivity index (χ1v) is 10.9. The third-order valence-electron chi connectivity index (χ3n) is 5.52. The summed E-state index contributed by atoms with van der Waals surface area (Å²) in [7, 11) is 0. The minimum absolute atomic E-state index is 0.00797. The third kappa shape index (κ3) is 5.97. The molecule has 33 heavy (non-hydrogen) atoms. The first kappa shape index (κ1) is 25.6. The molecule has 1 aromatic carbocycles. The molecule has 1 heterocycles. The number of non-ortho nitro benzene ring substituents is 1. The molecule has 1 atom stereocenters. The number of carbonyl (C=O) groups is 2. The Morgan fingerprint density at radius 2 is 1.91 bits per heavy atom. The molecule has 0 radical (unpaired) electrons. The van der Waals surface area contributed by atoms with Gasteiger partial charge < -0.3 is 14.7 Å². The molecule has 1 unspecified atom stereocenters. The predicted molar refractivity (Wildman–Crippen MR) is 125 cm³/mol. The zero-order valence-corrected chi connectivity index (χ0v) is 19.4. The van der Waals surface area contributed by atoms with Gasteiger partial charge in [-0.15, -0.1) is 0 Å². The lowest BCUT2D eigenvalue weighted by molar-refractivity contribution is -0.384. The maximum atomic E-state index is 13.2. The molecule has 0 aromatic heterocycles. The van der Waals surface area contributed by atoms with Gasteiger partial charge in [0.1, 0.15) is 6.61 Å². The molecule has 0 saturated carbocycles. The van der Waals surface area contributed by atoms with Crippen LogP contribution in [0.3, 0.4) is 0 Å². The number of ether oxygens (including phenoxy) is 1. The lowest BCUT2D eigenvalue weighted by Crippen LogP contribution is -2.35. The smallest absolute Gasteiger partial charge is 0.337 e. The normalized spacial score (nSPS) is 16.7.